The molecule has 11 rings (SSSR count). The van der Waals surface area contributed by atoms with Crippen molar-refractivity contribution in [1.82, 2.24) is 0 Å². The van der Waals surface area contributed by atoms with E-state index in [4.69, 9.17) is 0 Å². The second-order valence-electron chi connectivity index (χ2n) is 25.3. The Kier molecular flexibility index (Phi) is 10.3. The lowest BCUT2D eigenvalue weighted by atomic mass is 9.33. The van der Waals surface area contributed by atoms with E-state index < -0.39 is 0 Å². The van der Waals surface area contributed by atoms with E-state index in [1.165, 1.54) is 117 Å². The molecule has 352 valence electrons. The van der Waals surface area contributed by atoms with E-state index in [1.54, 1.807) is 0 Å². The van der Waals surface area contributed by atoms with Crippen LogP contribution in [0, 0.1) is 0 Å². The SMILES string of the molecule is CC(C)c1cc2c3c(c1)N(c1ccc(C(C)(C)C)cc1-c1cccc4ccccc14)c1cc4c(cc1B3c1ccc(C(C)(C)C)cc1N2c1cccc(C(C)(C)C)c1)C(C)(C)c1ccccc1C4(C)C. The van der Waals surface area contributed by atoms with Crippen LogP contribution >= 0.6 is 0 Å². The van der Waals surface area contributed by atoms with Crippen LogP contribution in [0.2, 0.25) is 0 Å². The lowest BCUT2D eigenvalue weighted by molar-refractivity contribution is 0.521. The maximum atomic E-state index is 2.71. The molecule has 2 heterocycles. The van der Waals surface area contributed by atoms with Crippen LogP contribution in [0.3, 0.4) is 0 Å². The number of nitrogens with zero attached hydrogens (tertiary/aromatic N) is 2. The Balaban J connectivity index is 1.32. The summed E-state index contributed by atoms with van der Waals surface area (Å²) < 4.78 is 0. The Labute approximate surface area is 419 Å². The summed E-state index contributed by atoms with van der Waals surface area (Å²) in [6.07, 6.45) is 0. The quantitative estimate of drug-likeness (QED) is 0.162. The fourth-order valence-electron chi connectivity index (χ4n) is 12.3. The largest absolute Gasteiger partial charge is 0.311 e. The monoisotopic (exact) mass is 915 g/mol. The maximum Gasteiger partial charge on any atom is 0.252 e. The molecule has 0 saturated carbocycles. The molecule has 0 bridgehead atoms. The lowest BCUT2D eigenvalue weighted by Crippen LogP contribution is -2.62. The van der Waals surface area contributed by atoms with Crippen LogP contribution in [-0.4, -0.2) is 6.71 Å². The van der Waals surface area contributed by atoms with Crippen molar-refractivity contribution in [2.24, 2.45) is 0 Å². The summed E-state index contributed by atoms with van der Waals surface area (Å²) in [4.78, 5) is 5.35. The minimum Gasteiger partial charge on any atom is -0.311 e. The van der Waals surface area contributed by atoms with Gasteiger partial charge >= 0.3 is 0 Å². The van der Waals surface area contributed by atoms with Crippen LogP contribution in [0.1, 0.15) is 154 Å². The molecule has 0 fully saturated rings. The minimum absolute atomic E-state index is 0.0141. The van der Waals surface area contributed by atoms with E-state index in [2.05, 4.69) is 265 Å². The molecule has 3 aliphatic rings. The molecule has 8 aromatic carbocycles. The molecule has 0 amide bonds. The third-order valence-electron chi connectivity index (χ3n) is 16.5. The smallest absolute Gasteiger partial charge is 0.252 e. The number of hydrogen-bond donors (Lipinski definition) is 0. The van der Waals surface area contributed by atoms with E-state index in [-0.39, 0.29) is 39.7 Å². The van der Waals surface area contributed by atoms with Gasteiger partial charge in [0.1, 0.15) is 0 Å². The fraction of sp³-hybridized carbons (Fsp3) is 0.313. The van der Waals surface area contributed by atoms with Gasteiger partial charge < -0.3 is 9.80 Å². The zero-order chi connectivity index (χ0) is 49.6. The van der Waals surface area contributed by atoms with Crippen molar-refractivity contribution in [3.8, 4) is 11.1 Å². The van der Waals surface area contributed by atoms with Gasteiger partial charge in [0.15, 0.2) is 0 Å². The van der Waals surface area contributed by atoms with Gasteiger partial charge in [0.2, 0.25) is 0 Å². The third kappa shape index (κ3) is 7.04. The summed E-state index contributed by atoms with van der Waals surface area (Å²) in [5.74, 6) is 0.286. The topological polar surface area (TPSA) is 6.48 Å². The molecule has 1 aliphatic carbocycles. The maximum absolute atomic E-state index is 2.71. The molecule has 0 atom stereocenters. The van der Waals surface area contributed by atoms with Crippen molar-refractivity contribution in [2.45, 2.75) is 137 Å². The first kappa shape index (κ1) is 46.1. The molecular weight excluding hydrogens is 844 g/mol. The van der Waals surface area contributed by atoms with E-state index in [9.17, 15) is 0 Å². The second kappa shape index (κ2) is 15.6. The van der Waals surface area contributed by atoms with Crippen LogP contribution in [0.4, 0.5) is 34.1 Å². The van der Waals surface area contributed by atoms with Crippen LogP contribution in [0.25, 0.3) is 21.9 Å². The Hall–Kier alpha value is -6.32. The van der Waals surface area contributed by atoms with E-state index in [1.807, 2.05) is 0 Å². The summed E-state index contributed by atoms with van der Waals surface area (Å²) in [7, 11) is 0. The fourth-order valence-corrected chi connectivity index (χ4v) is 12.3. The molecule has 2 nitrogen and oxygen atoms in total. The highest BCUT2D eigenvalue weighted by Gasteiger charge is 2.48. The molecule has 70 heavy (non-hydrogen) atoms. The normalized spacial score (nSPS) is 15.6. The van der Waals surface area contributed by atoms with Crippen LogP contribution in [0.15, 0.2) is 152 Å². The predicted molar refractivity (Wildman–Crippen MR) is 304 cm³/mol. The predicted octanol–water partition coefficient (Wildman–Crippen LogP) is 16.6. The van der Waals surface area contributed by atoms with Crippen LogP contribution in [0.5, 0.6) is 0 Å². The molecule has 0 unspecified atom stereocenters. The van der Waals surface area contributed by atoms with Crippen molar-refractivity contribution in [1.29, 1.82) is 0 Å². The van der Waals surface area contributed by atoms with Crippen molar-refractivity contribution in [3.05, 3.63) is 196 Å². The first-order chi connectivity index (χ1) is 33.0. The Morgan fingerprint density at radius 1 is 0.414 bits per heavy atom. The van der Waals surface area contributed by atoms with Gasteiger partial charge in [-0.05, 0) is 148 Å². The molecular formula is C67H71BN2. The standard InChI is InChI=1S/C67H71BN2/c1-41(2)43-34-60-62-61(35-43)70(57-33-31-45(64(6,7)8)37-50(57)49-27-20-23-42-22-16-17-26-48(42)49)59-40-54-53(66(12,13)51-28-18-19-29-52(51)67(54,14)15)39-56(59)68(62)55-32-30-46(65(9,10)11)38-58(55)69(60)47-25-21-24-44(36-47)63(3,4)5/h16-41H,1-15H3. The molecule has 0 N–H and O–H groups in total. The van der Waals surface area contributed by atoms with E-state index >= 15 is 0 Å². The average molecular weight is 915 g/mol. The number of rotatable bonds is 4. The highest BCUT2D eigenvalue weighted by molar-refractivity contribution is 7.00. The highest BCUT2D eigenvalue weighted by Crippen LogP contribution is 2.54. The number of benzene rings is 8. The van der Waals surface area contributed by atoms with E-state index in [0.29, 0.717) is 0 Å². The first-order valence-electron chi connectivity index (χ1n) is 25.9. The average Bonchev–Trinajstić information content (AvgIpc) is 3.31. The molecule has 0 saturated heterocycles. The van der Waals surface area contributed by atoms with Gasteiger partial charge in [0.05, 0.1) is 5.69 Å². The summed E-state index contributed by atoms with van der Waals surface area (Å²) in [5.41, 5.74) is 24.5. The van der Waals surface area contributed by atoms with Gasteiger partial charge in [-0.3, -0.25) is 0 Å². The Morgan fingerprint density at radius 2 is 0.957 bits per heavy atom. The van der Waals surface area contributed by atoms with Crippen LogP contribution in [-0.2, 0) is 27.1 Å². The van der Waals surface area contributed by atoms with Crippen molar-refractivity contribution in [3.63, 3.8) is 0 Å². The van der Waals surface area contributed by atoms with Gasteiger partial charge in [-0.25, -0.2) is 0 Å². The summed E-state index contributed by atoms with van der Waals surface area (Å²) in [6, 6.07) is 59.6. The summed E-state index contributed by atoms with van der Waals surface area (Å²) in [5, 5.41) is 2.52. The van der Waals surface area contributed by atoms with Gasteiger partial charge in [-0.2, -0.15) is 0 Å². The molecule has 3 heteroatoms. The number of fused-ring (bicyclic) bond motifs is 7. The Morgan fingerprint density at radius 3 is 1.61 bits per heavy atom. The van der Waals surface area contributed by atoms with E-state index in [0.717, 1.165) is 0 Å². The van der Waals surface area contributed by atoms with Gasteiger partial charge in [-0.1, -0.05) is 207 Å². The molecule has 0 aromatic heterocycles. The van der Waals surface area contributed by atoms with Crippen molar-refractivity contribution < 1.29 is 0 Å². The van der Waals surface area contributed by atoms with Crippen molar-refractivity contribution in [2.75, 3.05) is 9.80 Å². The minimum atomic E-state index is -0.233. The first-order valence-corrected chi connectivity index (χ1v) is 25.9. The molecule has 0 spiro atoms. The number of hydrogen-bond acceptors (Lipinski definition) is 2. The Bertz CT molecular complexity index is 3430. The third-order valence-corrected chi connectivity index (χ3v) is 16.5. The van der Waals surface area contributed by atoms with Gasteiger partial charge in [-0.15, -0.1) is 0 Å². The molecule has 0 radical (unpaired) electrons. The summed E-state index contributed by atoms with van der Waals surface area (Å²) >= 11 is 0. The molecule has 8 aromatic rings. The second-order valence-corrected chi connectivity index (χ2v) is 25.3. The summed E-state index contributed by atoms with van der Waals surface area (Å²) in [6.45, 7) is 35.6. The lowest BCUT2D eigenvalue weighted by Gasteiger charge is -2.48. The number of anilines is 6. The zero-order valence-corrected chi connectivity index (χ0v) is 44.5. The van der Waals surface area contributed by atoms with Crippen molar-refractivity contribution >= 4 is 68.0 Å². The van der Waals surface area contributed by atoms with Crippen LogP contribution < -0.4 is 26.2 Å². The van der Waals surface area contributed by atoms with Gasteiger partial charge in [0.25, 0.3) is 6.71 Å². The zero-order valence-electron chi connectivity index (χ0n) is 44.5. The highest BCUT2D eigenvalue weighted by atomic mass is 15.2. The van der Waals surface area contributed by atoms with Gasteiger partial charge in [0, 0.05) is 44.8 Å². The molecule has 2 aliphatic heterocycles.